The standard InChI is InChI=1S/C20H19ClF5N3O3/c1-11(28-17(30)9-31-12-6-13(7-12)32-20(24,25)26)4-5-29-8-16(27-10-29)14-2-3-15(21)19(23)18(14)22/h2-3,8,10,12-13H,1,4-7,9H2,(H,28,30). The monoisotopic (exact) mass is 479 g/mol. The number of nitrogens with one attached hydrogen (secondary N) is 1. The van der Waals surface area contributed by atoms with E-state index in [0.29, 0.717) is 18.7 Å². The van der Waals surface area contributed by atoms with Gasteiger partial charge >= 0.3 is 6.36 Å². The molecule has 1 heterocycles. The molecule has 1 fully saturated rings. The molecule has 1 aromatic carbocycles. The van der Waals surface area contributed by atoms with E-state index in [1.165, 1.54) is 24.7 Å². The van der Waals surface area contributed by atoms with Gasteiger partial charge in [0.1, 0.15) is 6.61 Å². The molecule has 3 rings (SSSR count). The van der Waals surface area contributed by atoms with E-state index in [1.54, 1.807) is 4.57 Å². The predicted octanol–water partition coefficient (Wildman–Crippen LogP) is 4.59. The minimum absolute atomic E-state index is 0.0335. The quantitative estimate of drug-likeness (QED) is 0.422. The van der Waals surface area contributed by atoms with E-state index in [2.05, 4.69) is 21.6 Å². The van der Waals surface area contributed by atoms with Crippen LogP contribution >= 0.6 is 11.6 Å². The molecule has 1 aliphatic carbocycles. The number of hydrogen-bond donors (Lipinski definition) is 1. The Kier molecular flexibility index (Phi) is 7.52. The van der Waals surface area contributed by atoms with Gasteiger partial charge in [0, 0.05) is 43.3 Å². The summed E-state index contributed by atoms with van der Waals surface area (Å²) >= 11 is 5.55. The molecule has 12 heteroatoms. The molecule has 0 spiro atoms. The van der Waals surface area contributed by atoms with Crippen molar-refractivity contribution < 1.29 is 36.2 Å². The van der Waals surface area contributed by atoms with E-state index < -0.39 is 36.1 Å². The molecule has 174 valence electrons. The number of carbonyl (C=O) groups excluding carboxylic acids is 1. The van der Waals surface area contributed by atoms with Crippen molar-refractivity contribution >= 4 is 17.5 Å². The van der Waals surface area contributed by atoms with Crippen LogP contribution < -0.4 is 5.32 Å². The lowest BCUT2D eigenvalue weighted by Crippen LogP contribution is -2.42. The highest BCUT2D eigenvalue weighted by molar-refractivity contribution is 6.30. The van der Waals surface area contributed by atoms with Gasteiger partial charge in [0.2, 0.25) is 5.91 Å². The first-order chi connectivity index (χ1) is 15.0. The van der Waals surface area contributed by atoms with Crippen LogP contribution in [0.4, 0.5) is 22.0 Å². The number of allylic oxidation sites excluding steroid dienone is 1. The Morgan fingerprint density at radius 1 is 1.25 bits per heavy atom. The van der Waals surface area contributed by atoms with Gasteiger partial charge in [-0.25, -0.2) is 13.8 Å². The number of ether oxygens (including phenoxy) is 2. The third-order valence-corrected chi connectivity index (χ3v) is 5.03. The number of amides is 1. The zero-order chi connectivity index (χ0) is 23.5. The molecule has 1 aliphatic rings. The van der Waals surface area contributed by atoms with Crippen LogP contribution in [0, 0.1) is 11.6 Å². The summed E-state index contributed by atoms with van der Waals surface area (Å²) in [7, 11) is 0. The number of benzene rings is 1. The number of rotatable bonds is 9. The van der Waals surface area contributed by atoms with Crippen LogP contribution in [-0.2, 0) is 20.8 Å². The lowest BCUT2D eigenvalue weighted by atomic mass is 9.92. The van der Waals surface area contributed by atoms with E-state index in [-0.39, 0.29) is 35.7 Å². The van der Waals surface area contributed by atoms with Gasteiger partial charge in [0.05, 0.1) is 29.3 Å². The second-order valence-electron chi connectivity index (χ2n) is 7.21. The molecule has 0 unspecified atom stereocenters. The normalized spacial score (nSPS) is 18.3. The van der Waals surface area contributed by atoms with Crippen molar-refractivity contribution in [2.45, 2.75) is 44.4 Å². The Bertz CT molecular complexity index is 989. The van der Waals surface area contributed by atoms with Crippen molar-refractivity contribution in [2.24, 2.45) is 0 Å². The van der Waals surface area contributed by atoms with Gasteiger partial charge in [-0.15, -0.1) is 13.2 Å². The molecular weight excluding hydrogens is 461 g/mol. The molecule has 6 nitrogen and oxygen atoms in total. The zero-order valence-corrected chi connectivity index (χ0v) is 17.3. The number of hydrogen-bond acceptors (Lipinski definition) is 4. The summed E-state index contributed by atoms with van der Waals surface area (Å²) in [5, 5.41) is 2.21. The molecule has 0 bridgehead atoms. The summed E-state index contributed by atoms with van der Waals surface area (Å²) in [5.74, 6) is -2.73. The average Bonchev–Trinajstić information content (AvgIpc) is 3.14. The van der Waals surface area contributed by atoms with Crippen LogP contribution in [0.5, 0.6) is 0 Å². The summed E-state index contributed by atoms with van der Waals surface area (Å²) in [5.41, 5.74) is 0.563. The fraction of sp³-hybridized carbons (Fsp3) is 0.400. The van der Waals surface area contributed by atoms with Crippen molar-refractivity contribution in [3.05, 3.63) is 53.6 Å². The van der Waals surface area contributed by atoms with Crippen molar-refractivity contribution in [3.8, 4) is 11.3 Å². The van der Waals surface area contributed by atoms with Crippen LogP contribution in [-0.4, -0.2) is 40.6 Å². The molecule has 0 aliphatic heterocycles. The maximum atomic E-state index is 14.0. The largest absolute Gasteiger partial charge is 0.522 e. The lowest BCUT2D eigenvalue weighted by Gasteiger charge is -2.34. The molecule has 1 aromatic heterocycles. The first-order valence-electron chi connectivity index (χ1n) is 9.51. The van der Waals surface area contributed by atoms with Crippen molar-refractivity contribution in [3.63, 3.8) is 0 Å². The highest BCUT2D eigenvalue weighted by Crippen LogP contribution is 2.32. The fourth-order valence-corrected chi connectivity index (χ4v) is 3.18. The Balaban J connectivity index is 1.38. The molecule has 32 heavy (non-hydrogen) atoms. The molecule has 2 aromatic rings. The third-order valence-electron chi connectivity index (χ3n) is 4.73. The molecule has 0 radical (unpaired) electrons. The first-order valence-corrected chi connectivity index (χ1v) is 9.89. The van der Waals surface area contributed by atoms with Crippen LogP contribution in [0.15, 0.2) is 36.9 Å². The summed E-state index contributed by atoms with van der Waals surface area (Å²) in [6.45, 7) is 3.76. The molecule has 1 saturated carbocycles. The Morgan fingerprint density at radius 3 is 2.66 bits per heavy atom. The molecule has 0 atom stereocenters. The number of alkyl halides is 3. The Labute approximate surface area is 185 Å². The Morgan fingerprint density at radius 2 is 1.97 bits per heavy atom. The summed E-state index contributed by atoms with van der Waals surface area (Å²) in [4.78, 5) is 15.9. The SMILES string of the molecule is C=C(CCn1cnc(-c2ccc(Cl)c(F)c2F)c1)NC(=O)COC1CC(OC(F)(F)F)C1. The predicted molar refractivity (Wildman–Crippen MR) is 104 cm³/mol. The van der Waals surface area contributed by atoms with E-state index in [4.69, 9.17) is 16.3 Å². The number of halogens is 6. The molecular formula is C20H19ClF5N3O3. The second kappa shape index (κ2) is 9.97. The topological polar surface area (TPSA) is 65.4 Å². The van der Waals surface area contributed by atoms with Gasteiger partial charge in [0.15, 0.2) is 11.6 Å². The van der Waals surface area contributed by atoms with Gasteiger partial charge in [0.25, 0.3) is 0 Å². The lowest BCUT2D eigenvalue weighted by molar-refractivity contribution is -0.357. The molecule has 0 saturated heterocycles. The molecule has 1 amide bonds. The van der Waals surface area contributed by atoms with Crippen LogP contribution in [0.1, 0.15) is 19.3 Å². The maximum Gasteiger partial charge on any atom is 0.522 e. The number of carbonyl (C=O) groups is 1. The van der Waals surface area contributed by atoms with Crippen molar-refractivity contribution in [1.82, 2.24) is 14.9 Å². The first kappa shape index (κ1) is 24.1. The number of imidazole rings is 1. The van der Waals surface area contributed by atoms with Crippen molar-refractivity contribution in [1.29, 1.82) is 0 Å². The molecule has 1 N–H and O–H groups in total. The number of nitrogens with zero attached hydrogens (tertiary/aromatic N) is 2. The summed E-state index contributed by atoms with van der Waals surface area (Å²) in [6, 6.07) is 2.56. The third kappa shape index (κ3) is 6.50. The van der Waals surface area contributed by atoms with Crippen molar-refractivity contribution in [2.75, 3.05) is 6.61 Å². The number of aromatic nitrogens is 2. The summed E-state index contributed by atoms with van der Waals surface area (Å²) < 4.78 is 74.6. The van der Waals surface area contributed by atoms with Crippen LogP contribution in [0.3, 0.4) is 0 Å². The number of aryl methyl sites for hydroxylation is 1. The van der Waals surface area contributed by atoms with Gasteiger partial charge < -0.3 is 14.6 Å². The Hall–Kier alpha value is -2.50. The van der Waals surface area contributed by atoms with E-state index in [9.17, 15) is 26.7 Å². The highest BCUT2D eigenvalue weighted by atomic mass is 35.5. The fourth-order valence-electron chi connectivity index (χ4n) is 3.04. The van der Waals surface area contributed by atoms with Crippen LogP contribution in [0.25, 0.3) is 11.3 Å². The highest BCUT2D eigenvalue weighted by Gasteiger charge is 2.40. The van der Waals surface area contributed by atoms with Gasteiger partial charge in [-0.3, -0.25) is 9.53 Å². The van der Waals surface area contributed by atoms with Gasteiger partial charge in [-0.1, -0.05) is 18.2 Å². The maximum absolute atomic E-state index is 14.0. The van der Waals surface area contributed by atoms with Crippen LogP contribution in [0.2, 0.25) is 5.02 Å². The smallest absolute Gasteiger partial charge is 0.368 e. The van der Waals surface area contributed by atoms with Gasteiger partial charge in [-0.05, 0) is 12.1 Å². The minimum atomic E-state index is -4.68. The average molecular weight is 480 g/mol. The minimum Gasteiger partial charge on any atom is -0.368 e. The van der Waals surface area contributed by atoms with E-state index >= 15 is 0 Å². The zero-order valence-electron chi connectivity index (χ0n) is 16.6. The van der Waals surface area contributed by atoms with E-state index in [1.807, 2.05) is 0 Å². The van der Waals surface area contributed by atoms with Gasteiger partial charge in [-0.2, -0.15) is 0 Å². The summed E-state index contributed by atoms with van der Waals surface area (Å²) in [6.07, 6.45) is -2.71. The van der Waals surface area contributed by atoms with E-state index in [0.717, 1.165) is 0 Å². The second-order valence-corrected chi connectivity index (χ2v) is 7.62.